The third kappa shape index (κ3) is 2.19. The fourth-order valence-electron chi connectivity index (χ4n) is 1.61. The Bertz CT molecular complexity index is 130. The van der Waals surface area contributed by atoms with E-state index in [1.54, 1.807) is 0 Å². The molecule has 0 radical (unpaired) electrons. The second kappa shape index (κ2) is 4.21. The lowest BCUT2D eigenvalue weighted by Crippen LogP contribution is -2.46. The van der Waals surface area contributed by atoms with Gasteiger partial charge in [0.25, 0.3) is 0 Å². The highest BCUT2D eigenvalue weighted by Crippen LogP contribution is 2.12. The lowest BCUT2D eigenvalue weighted by Gasteiger charge is -2.27. The van der Waals surface area contributed by atoms with Crippen LogP contribution in [-0.2, 0) is 9.47 Å². The molecular weight excluding hydrogens is 154 g/mol. The Morgan fingerprint density at radius 3 is 2.83 bits per heavy atom. The van der Waals surface area contributed by atoms with Gasteiger partial charge >= 0.3 is 0 Å². The van der Waals surface area contributed by atoms with Crippen LogP contribution < -0.4 is 5.32 Å². The Hall–Kier alpha value is -0.120. The predicted molar refractivity (Wildman–Crippen MR) is 46.2 cm³/mol. The van der Waals surface area contributed by atoms with Gasteiger partial charge in [-0.15, -0.1) is 0 Å². The summed E-state index contributed by atoms with van der Waals surface area (Å²) in [6.45, 7) is 3.74. The lowest BCUT2D eigenvalue weighted by atomic mass is 10.1. The van der Waals surface area contributed by atoms with Crippen LogP contribution in [0.25, 0.3) is 0 Å². The molecule has 0 saturated carbocycles. The number of rotatable bonds is 4. The highest BCUT2D eigenvalue weighted by atomic mass is 16.5. The summed E-state index contributed by atoms with van der Waals surface area (Å²) >= 11 is 0. The monoisotopic (exact) mass is 171 g/mol. The maximum atomic E-state index is 5.53. The molecule has 12 heavy (non-hydrogen) atoms. The predicted octanol–water partition coefficient (Wildman–Crippen LogP) is 0.544. The minimum Gasteiger partial charge on any atom is -0.377 e. The zero-order valence-corrected chi connectivity index (χ0v) is 7.42. The molecule has 1 N–H and O–H groups in total. The molecule has 0 aliphatic carbocycles. The summed E-state index contributed by atoms with van der Waals surface area (Å²) in [5.74, 6) is 0. The molecule has 2 atom stereocenters. The molecule has 0 aromatic rings. The average Bonchev–Trinajstić information content (AvgIpc) is 2.46. The Kier molecular flexibility index (Phi) is 2.98. The van der Waals surface area contributed by atoms with E-state index in [0.717, 1.165) is 26.4 Å². The van der Waals surface area contributed by atoms with E-state index in [9.17, 15) is 0 Å². The fourth-order valence-corrected chi connectivity index (χ4v) is 1.61. The molecule has 3 heteroatoms. The first-order chi connectivity index (χ1) is 5.95. The largest absolute Gasteiger partial charge is 0.377 e. The van der Waals surface area contributed by atoms with Gasteiger partial charge in [-0.25, -0.2) is 0 Å². The van der Waals surface area contributed by atoms with Crippen LogP contribution in [0.1, 0.15) is 19.3 Å². The van der Waals surface area contributed by atoms with E-state index >= 15 is 0 Å². The van der Waals surface area contributed by atoms with E-state index in [-0.39, 0.29) is 0 Å². The number of nitrogens with one attached hydrogen (secondary N) is 1. The molecule has 70 valence electrons. The van der Waals surface area contributed by atoms with Crippen LogP contribution in [-0.4, -0.2) is 38.5 Å². The van der Waals surface area contributed by atoms with Gasteiger partial charge in [0.1, 0.15) is 0 Å². The summed E-state index contributed by atoms with van der Waals surface area (Å²) in [5.41, 5.74) is 0. The van der Waals surface area contributed by atoms with Gasteiger partial charge in [-0.2, -0.15) is 0 Å². The maximum absolute atomic E-state index is 5.53. The highest BCUT2D eigenvalue weighted by Gasteiger charge is 2.19. The molecule has 3 nitrogen and oxygen atoms in total. The first kappa shape index (κ1) is 8.48. The van der Waals surface area contributed by atoms with E-state index in [1.165, 1.54) is 19.3 Å². The molecular formula is C9H17NO2. The van der Waals surface area contributed by atoms with Crippen molar-refractivity contribution in [2.24, 2.45) is 0 Å². The molecule has 2 rings (SSSR count). The first-order valence-electron chi connectivity index (χ1n) is 4.88. The van der Waals surface area contributed by atoms with Gasteiger partial charge in [-0.3, -0.25) is 0 Å². The molecule has 2 aliphatic rings. The van der Waals surface area contributed by atoms with Crippen LogP contribution in [0.15, 0.2) is 0 Å². The van der Waals surface area contributed by atoms with E-state index in [1.807, 2.05) is 0 Å². The van der Waals surface area contributed by atoms with Gasteiger partial charge in [-0.05, 0) is 25.8 Å². The van der Waals surface area contributed by atoms with Crippen LogP contribution in [0, 0.1) is 0 Å². The van der Waals surface area contributed by atoms with Gasteiger partial charge in [0.05, 0.1) is 19.3 Å². The molecule has 0 bridgehead atoms. The van der Waals surface area contributed by atoms with Crippen molar-refractivity contribution in [1.82, 2.24) is 5.32 Å². The molecule has 0 aromatic heterocycles. The Morgan fingerprint density at radius 2 is 2.25 bits per heavy atom. The van der Waals surface area contributed by atoms with Crippen molar-refractivity contribution in [3.05, 3.63) is 0 Å². The molecule has 2 saturated heterocycles. The number of hydrogen-bond donors (Lipinski definition) is 1. The topological polar surface area (TPSA) is 30.5 Å². The van der Waals surface area contributed by atoms with Gasteiger partial charge in [0, 0.05) is 12.6 Å². The number of hydrogen-bond acceptors (Lipinski definition) is 3. The summed E-state index contributed by atoms with van der Waals surface area (Å²) in [6.07, 6.45) is 4.03. The van der Waals surface area contributed by atoms with Crippen LogP contribution in [0.3, 0.4) is 0 Å². The van der Waals surface area contributed by atoms with Crippen molar-refractivity contribution in [1.29, 1.82) is 0 Å². The standard InChI is InChI=1S/C9H17NO2/c1-2-9(12-5-1)7-11-6-8-3-4-10-8/h8-10H,1-7H2. The summed E-state index contributed by atoms with van der Waals surface area (Å²) in [6, 6.07) is 0.617. The Balaban J connectivity index is 1.49. The molecule has 2 aliphatic heterocycles. The molecule has 2 heterocycles. The van der Waals surface area contributed by atoms with Crippen LogP contribution in [0.2, 0.25) is 0 Å². The van der Waals surface area contributed by atoms with Crippen molar-refractivity contribution in [3.63, 3.8) is 0 Å². The van der Waals surface area contributed by atoms with Gasteiger partial charge in [0.2, 0.25) is 0 Å². The molecule has 0 spiro atoms. The normalized spacial score (nSPS) is 35.0. The second-order valence-electron chi connectivity index (χ2n) is 3.61. The Labute approximate surface area is 73.4 Å². The van der Waals surface area contributed by atoms with Gasteiger partial charge < -0.3 is 14.8 Å². The summed E-state index contributed by atoms with van der Waals surface area (Å²) in [7, 11) is 0. The van der Waals surface area contributed by atoms with E-state index in [4.69, 9.17) is 9.47 Å². The molecule has 0 aromatic carbocycles. The fraction of sp³-hybridized carbons (Fsp3) is 1.00. The van der Waals surface area contributed by atoms with Crippen molar-refractivity contribution in [3.8, 4) is 0 Å². The van der Waals surface area contributed by atoms with Crippen LogP contribution in [0.5, 0.6) is 0 Å². The third-order valence-corrected chi connectivity index (χ3v) is 2.57. The lowest BCUT2D eigenvalue weighted by molar-refractivity contribution is 0.00433. The van der Waals surface area contributed by atoms with Crippen molar-refractivity contribution in [2.75, 3.05) is 26.4 Å². The Morgan fingerprint density at radius 1 is 1.33 bits per heavy atom. The minimum absolute atomic E-state index is 0.380. The van der Waals surface area contributed by atoms with Gasteiger partial charge in [-0.1, -0.05) is 0 Å². The first-order valence-corrected chi connectivity index (χ1v) is 4.88. The van der Waals surface area contributed by atoms with Crippen molar-refractivity contribution in [2.45, 2.75) is 31.4 Å². The van der Waals surface area contributed by atoms with E-state index < -0.39 is 0 Å². The smallest absolute Gasteiger partial charge is 0.0809 e. The van der Waals surface area contributed by atoms with E-state index in [2.05, 4.69) is 5.32 Å². The van der Waals surface area contributed by atoms with Crippen molar-refractivity contribution >= 4 is 0 Å². The van der Waals surface area contributed by atoms with E-state index in [0.29, 0.717) is 12.1 Å². The van der Waals surface area contributed by atoms with Crippen LogP contribution in [0.4, 0.5) is 0 Å². The molecule has 2 unspecified atom stereocenters. The minimum atomic E-state index is 0.380. The highest BCUT2D eigenvalue weighted by molar-refractivity contribution is 4.76. The second-order valence-corrected chi connectivity index (χ2v) is 3.61. The summed E-state index contributed by atoms with van der Waals surface area (Å²) in [4.78, 5) is 0. The average molecular weight is 171 g/mol. The zero-order chi connectivity index (χ0) is 8.23. The summed E-state index contributed by atoms with van der Waals surface area (Å²) in [5, 5.41) is 3.31. The SMILES string of the molecule is C1COC(COCC2CCN2)C1. The zero-order valence-electron chi connectivity index (χ0n) is 7.42. The van der Waals surface area contributed by atoms with Gasteiger partial charge in [0.15, 0.2) is 0 Å². The molecule has 0 amide bonds. The quantitative estimate of drug-likeness (QED) is 0.670. The van der Waals surface area contributed by atoms with Crippen molar-refractivity contribution < 1.29 is 9.47 Å². The maximum Gasteiger partial charge on any atom is 0.0809 e. The van der Waals surface area contributed by atoms with Crippen LogP contribution >= 0.6 is 0 Å². The molecule has 2 fully saturated rings. The third-order valence-electron chi connectivity index (χ3n) is 2.57. The summed E-state index contributed by atoms with van der Waals surface area (Å²) < 4.78 is 11.0. The number of ether oxygens (including phenoxy) is 2.